The van der Waals surface area contributed by atoms with Crippen LogP contribution in [0.25, 0.3) is 0 Å². The minimum absolute atomic E-state index is 0.117. The van der Waals surface area contributed by atoms with Crippen molar-refractivity contribution in [2.45, 2.75) is 20.8 Å². The largest absolute Gasteiger partial charge is 0.484 e. The van der Waals surface area contributed by atoms with Crippen LogP contribution in [0.2, 0.25) is 0 Å². The summed E-state index contributed by atoms with van der Waals surface area (Å²) < 4.78 is 5.39. The first-order valence-corrected chi connectivity index (χ1v) is 7.03. The third kappa shape index (κ3) is 5.06. The summed E-state index contributed by atoms with van der Waals surface area (Å²) in [6.07, 6.45) is 2.81. The summed E-state index contributed by atoms with van der Waals surface area (Å²) in [5, 5.41) is 0. The zero-order valence-corrected chi connectivity index (χ0v) is 13.2. The summed E-state index contributed by atoms with van der Waals surface area (Å²) in [5.41, 5.74) is 7.43. The molecule has 0 aliphatic heterocycles. The number of carbonyl (C=O) groups excluding carboxylic acids is 2. The molecule has 0 aliphatic carbocycles. The van der Waals surface area contributed by atoms with E-state index in [-0.39, 0.29) is 12.3 Å². The lowest BCUT2D eigenvalue weighted by Gasteiger charge is -2.09. The molecule has 2 rings (SSSR count). The molecule has 7 heteroatoms. The van der Waals surface area contributed by atoms with Crippen molar-refractivity contribution in [3.63, 3.8) is 0 Å². The number of ether oxygens (including phenoxy) is 1. The zero-order valence-electron chi connectivity index (χ0n) is 13.2. The van der Waals surface area contributed by atoms with E-state index in [1.165, 1.54) is 12.4 Å². The highest BCUT2D eigenvalue weighted by Gasteiger charge is 2.09. The van der Waals surface area contributed by atoms with E-state index in [1.54, 1.807) is 6.92 Å². The lowest BCUT2D eigenvalue weighted by molar-refractivity contribution is -0.123. The number of amides is 2. The molecule has 0 unspecified atom stereocenters. The van der Waals surface area contributed by atoms with Gasteiger partial charge in [0, 0.05) is 6.20 Å². The monoisotopic (exact) mass is 314 g/mol. The minimum atomic E-state index is -0.544. The molecule has 0 fully saturated rings. The Morgan fingerprint density at radius 2 is 1.70 bits per heavy atom. The van der Waals surface area contributed by atoms with Gasteiger partial charge in [0.1, 0.15) is 11.4 Å². The van der Waals surface area contributed by atoms with Crippen LogP contribution in [0, 0.1) is 20.8 Å². The number of hydrogen-bond donors (Lipinski definition) is 2. The maximum Gasteiger partial charge on any atom is 0.289 e. The molecule has 1 aromatic heterocycles. The molecular weight excluding hydrogens is 296 g/mol. The lowest BCUT2D eigenvalue weighted by Crippen LogP contribution is -2.44. The predicted molar refractivity (Wildman–Crippen MR) is 83.8 cm³/mol. The summed E-state index contributed by atoms with van der Waals surface area (Å²) in [7, 11) is 0. The fraction of sp³-hybridized carbons (Fsp3) is 0.250. The lowest BCUT2D eigenvalue weighted by atomic mass is 10.1. The third-order valence-electron chi connectivity index (χ3n) is 2.89. The van der Waals surface area contributed by atoms with Crippen LogP contribution in [-0.2, 0) is 4.79 Å². The van der Waals surface area contributed by atoms with E-state index in [1.807, 2.05) is 32.0 Å². The number of rotatable bonds is 4. The van der Waals surface area contributed by atoms with Crippen LogP contribution in [0.15, 0.2) is 30.6 Å². The highest BCUT2D eigenvalue weighted by atomic mass is 16.5. The standard InChI is InChI=1S/C16H18N4O3/c1-10-4-11(2)6-13(5-10)23-9-15(21)19-20-16(22)14-8-17-12(3)7-18-14/h4-8H,9H2,1-3H3,(H,19,21)(H,20,22). The predicted octanol–water partition coefficient (Wildman–Crippen LogP) is 1.24. The number of carbonyl (C=O) groups is 2. The molecule has 1 heterocycles. The number of aromatic nitrogens is 2. The first-order chi connectivity index (χ1) is 10.9. The van der Waals surface area contributed by atoms with Crippen LogP contribution in [0.3, 0.4) is 0 Å². The first kappa shape index (κ1) is 16.4. The highest BCUT2D eigenvalue weighted by molar-refractivity contribution is 5.93. The van der Waals surface area contributed by atoms with E-state index in [9.17, 15) is 9.59 Å². The van der Waals surface area contributed by atoms with Gasteiger partial charge in [0.25, 0.3) is 11.8 Å². The molecule has 0 spiro atoms. The van der Waals surface area contributed by atoms with E-state index in [2.05, 4.69) is 20.8 Å². The van der Waals surface area contributed by atoms with Gasteiger partial charge in [-0.15, -0.1) is 0 Å². The smallest absolute Gasteiger partial charge is 0.289 e. The molecule has 0 radical (unpaired) electrons. The van der Waals surface area contributed by atoms with Crippen LogP contribution < -0.4 is 15.6 Å². The van der Waals surface area contributed by atoms with Crippen LogP contribution in [0.4, 0.5) is 0 Å². The second kappa shape index (κ2) is 7.35. The van der Waals surface area contributed by atoms with Crippen LogP contribution in [-0.4, -0.2) is 28.4 Å². The van der Waals surface area contributed by atoms with Crippen LogP contribution in [0.1, 0.15) is 27.3 Å². The molecule has 7 nitrogen and oxygen atoms in total. The van der Waals surface area contributed by atoms with Gasteiger partial charge in [0.05, 0.1) is 11.9 Å². The van der Waals surface area contributed by atoms with Gasteiger partial charge in [0.15, 0.2) is 6.61 Å². The molecule has 2 N–H and O–H groups in total. The summed E-state index contributed by atoms with van der Waals surface area (Å²) in [5.74, 6) is -0.414. The molecule has 120 valence electrons. The number of benzene rings is 1. The molecule has 0 saturated carbocycles. The average Bonchev–Trinajstić information content (AvgIpc) is 2.50. The van der Waals surface area contributed by atoms with Gasteiger partial charge in [0.2, 0.25) is 0 Å². The van der Waals surface area contributed by atoms with Crippen molar-refractivity contribution in [2.75, 3.05) is 6.61 Å². The van der Waals surface area contributed by atoms with Gasteiger partial charge in [-0.05, 0) is 44.0 Å². The molecule has 0 bridgehead atoms. The second-order valence-electron chi connectivity index (χ2n) is 5.16. The first-order valence-electron chi connectivity index (χ1n) is 7.03. The van der Waals surface area contributed by atoms with Gasteiger partial charge in [-0.2, -0.15) is 0 Å². The van der Waals surface area contributed by atoms with Crippen molar-refractivity contribution in [2.24, 2.45) is 0 Å². The van der Waals surface area contributed by atoms with E-state index in [0.717, 1.165) is 11.1 Å². The zero-order chi connectivity index (χ0) is 16.8. The Balaban J connectivity index is 1.80. The maximum absolute atomic E-state index is 11.8. The van der Waals surface area contributed by atoms with Gasteiger partial charge in [-0.25, -0.2) is 4.98 Å². The number of hydrazine groups is 1. The minimum Gasteiger partial charge on any atom is -0.484 e. The Morgan fingerprint density at radius 1 is 1.00 bits per heavy atom. The Labute approximate surface area is 134 Å². The second-order valence-corrected chi connectivity index (χ2v) is 5.16. The van der Waals surface area contributed by atoms with Gasteiger partial charge < -0.3 is 4.74 Å². The summed E-state index contributed by atoms with van der Waals surface area (Å²) in [4.78, 5) is 31.3. The normalized spacial score (nSPS) is 10.0. The molecule has 2 aromatic rings. The molecular formula is C16H18N4O3. The van der Waals surface area contributed by atoms with Crippen molar-refractivity contribution in [1.29, 1.82) is 0 Å². The fourth-order valence-corrected chi connectivity index (χ4v) is 1.90. The molecule has 0 saturated heterocycles. The third-order valence-corrected chi connectivity index (χ3v) is 2.89. The molecule has 2 amide bonds. The molecule has 23 heavy (non-hydrogen) atoms. The fourth-order valence-electron chi connectivity index (χ4n) is 1.90. The quantitative estimate of drug-likeness (QED) is 0.828. The molecule has 1 aromatic carbocycles. The van der Waals surface area contributed by atoms with Gasteiger partial charge in [-0.3, -0.25) is 25.4 Å². The molecule has 0 atom stereocenters. The van der Waals surface area contributed by atoms with Gasteiger partial charge >= 0.3 is 0 Å². The van der Waals surface area contributed by atoms with E-state index in [0.29, 0.717) is 11.4 Å². The van der Waals surface area contributed by atoms with Crippen molar-refractivity contribution >= 4 is 11.8 Å². The van der Waals surface area contributed by atoms with Crippen molar-refractivity contribution in [3.8, 4) is 5.75 Å². The summed E-state index contributed by atoms with van der Waals surface area (Å²) in [6.45, 7) is 5.45. The van der Waals surface area contributed by atoms with E-state index >= 15 is 0 Å². The number of aryl methyl sites for hydroxylation is 3. The Morgan fingerprint density at radius 3 is 2.30 bits per heavy atom. The number of hydrogen-bond acceptors (Lipinski definition) is 5. The van der Waals surface area contributed by atoms with Gasteiger partial charge in [-0.1, -0.05) is 6.07 Å². The Bertz CT molecular complexity index is 694. The van der Waals surface area contributed by atoms with Crippen molar-refractivity contribution in [1.82, 2.24) is 20.8 Å². The topological polar surface area (TPSA) is 93.2 Å². The van der Waals surface area contributed by atoms with Crippen molar-refractivity contribution < 1.29 is 14.3 Å². The SMILES string of the molecule is Cc1cc(C)cc(OCC(=O)NNC(=O)c2cnc(C)cn2)c1. The summed E-state index contributed by atoms with van der Waals surface area (Å²) >= 11 is 0. The van der Waals surface area contributed by atoms with E-state index in [4.69, 9.17) is 4.74 Å². The Kier molecular flexibility index (Phi) is 5.24. The maximum atomic E-state index is 11.8. The Hall–Kier alpha value is -2.96. The number of nitrogens with one attached hydrogen (secondary N) is 2. The van der Waals surface area contributed by atoms with Crippen LogP contribution >= 0.6 is 0 Å². The average molecular weight is 314 g/mol. The highest BCUT2D eigenvalue weighted by Crippen LogP contribution is 2.15. The number of nitrogens with zero attached hydrogens (tertiary/aromatic N) is 2. The van der Waals surface area contributed by atoms with E-state index < -0.39 is 11.8 Å². The summed E-state index contributed by atoms with van der Waals surface area (Å²) in [6, 6.07) is 5.68. The molecule has 0 aliphatic rings. The van der Waals surface area contributed by atoms with Crippen molar-refractivity contribution in [3.05, 3.63) is 53.1 Å². The van der Waals surface area contributed by atoms with Crippen LogP contribution in [0.5, 0.6) is 5.75 Å².